The van der Waals surface area contributed by atoms with E-state index in [0.29, 0.717) is 24.5 Å². The van der Waals surface area contributed by atoms with E-state index in [1.54, 1.807) is 0 Å². The molecular formula is C14H28O3. The lowest BCUT2D eigenvalue weighted by molar-refractivity contribution is -0.263. The molecule has 1 saturated heterocycles. The maximum Gasteiger partial charge on any atom is 0.168 e. The molecule has 0 saturated carbocycles. The Hall–Kier alpha value is -0.120. The summed E-state index contributed by atoms with van der Waals surface area (Å²) in [6.07, 6.45) is 2.19. The minimum absolute atomic E-state index is 0.316. The molecule has 0 aliphatic carbocycles. The third-order valence-corrected chi connectivity index (χ3v) is 3.74. The van der Waals surface area contributed by atoms with Gasteiger partial charge in [-0.15, -0.1) is 0 Å². The Balaban J connectivity index is 2.66. The van der Waals surface area contributed by atoms with Gasteiger partial charge in [0.1, 0.15) is 0 Å². The van der Waals surface area contributed by atoms with Crippen molar-refractivity contribution in [1.29, 1.82) is 0 Å². The zero-order valence-corrected chi connectivity index (χ0v) is 12.0. The fraction of sp³-hybridized carbons (Fsp3) is 1.00. The molecule has 102 valence electrons. The second-order valence-corrected chi connectivity index (χ2v) is 5.49. The smallest absolute Gasteiger partial charge is 0.168 e. The highest BCUT2D eigenvalue weighted by atomic mass is 16.7. The van der Waals surface area contributed by atoms with Crippen molar-refractivity contribution in [3.63, 3.8) is 0 Å². The second kappa shape index (κ2) is 6.17. The summed E-state index contributed by atoms with van der Waals surface area (Å²) in [5.41, 5.74) is 0.316. The van der Waals surface area contributed by atoms with Gasteiger partial charge in [-0.1, -0.05) is 13.8 Å². The van der Waals surface area contributed by atoms with Crippen molar-refractivity contribution in [3.8, 4) is 0 Å². The van der Waals surface area contributed by atoms with E-state index < -0.39 is 5.79 Å². The van der Waals surface area contributed by atoms with E-state index in [4.69, 9.17) is 14.2 Å². The Morgan fingerprint density at radius 1 is 1.18 bits per heavy atom. The van der Waals surface area contributed by atoms with Crippen molar-refractivity contribution >= 4 is 0 Å². The van der Waals surface area contributed by atoms with Gasteiger partial charge in [-0.3, -0.25) is 0 Å². The van der Waals surface area contributed by atoms with Gasteiger partial charge in [0.2, 0.25) is 0 Å². The van der Waals surface area contributed by atoms with E-state index in [1.165, 1.54) is 0 Å². The molecule has 3 heteroatoms. The molecule has 1 rings (SSSR count). The van der Waals surface area contributed by atoms with Crippen molar-refractivity contribution in [2.45, 2.75) is 53.2 Å². The van der Waals surface area contributed by atoms with Gasteiger partial charge in [0.15, 0.2) is 5.79 Å². The van der Waals surface area contributed by atoms with Crippen LogP contribution in [0.1, 0.15) is 47.5 Å². The van der Waals surface area contributed by atoms with Gasteiger partial charge in [0, 0.05) is 24.5 Å². The van der Waals surface area contributed by atoms with Crippen LogP contribution in [-0.4, -0.2) is 32.2 Å². The Morgan fingerprint density at radius 2 is 1.71 bits per heavy atom. The van der Waals surface area contributed by atoms with Crippen molar-refractivity contribution in [1.82, 2.24) is 0 Å². The zero-order valence-electron chi connectivity index (χ0n) is 12.0. The summed E-state index contributed by atoms with van der Waals surface area (Å²) in [5.74, 6) is -0.0204. The van der Waals surface area contributed by atoms with Crippen LogP contribution < -0.4 is 0 Å². The molecule has 1 heterocycles. The Bertz CT molecular complexity index is 218. The van der Waals surface area contributed by atoms with Crippen LogP contribution in [0.5, 0.6) is 0 Å². The molecule has 0 spiro atoms. The summed E-state index contributed by atoms with van der Waals surface area (Å²) in [7, 11) is 0. The Labute approximate surface area is 106 Å². The molecular weight excluding hydrogens is 216 g/mol. The van der Waals surface area contributed by atoms with Crippen LogP contribution in [0.2, 0.25) is 0 Å². The van der Waals surface area contributed by atoms with Crippen LogP contribution in [-0.2, 0) is 14.2 Å². The molecule has 0 radical (unpaired) electrons. The van der Waals surface area contributed by atoms with Crippen molar-refractivity contribution in [3.05, 3.63) is 0 Å². The highest BCUT2D eigenvalue weighted by Gasteiger charge is 2.42. The third-order valence-electron chi connectivity index (χ3n) is 3.74. The van der Waals surface area contributed by atoms with Gasteiger partial charge in [0.25, 0.3) is 0 Å². The van der Waals surface area contributed by atoms with Crippen LogP contribution in [0.4, 0.5) is 0 Å². The van der Waals surface area contributed by atoms with Crippen LogP contribution in [0.3, 0.4) is 0 Å². The van der Waals surface area contributed by atoms with Crippen molar-refractivity contribution in [2.75, 3.05) is 26.4 Å². The molecule has 0 aromatic carbocycles. The molecule has 0 amide bonds. The summed E-state index contributed by atoms with van der Waals surface area (Å²) in [6.45, 7) is 13.8. The molecule has 1 aliphatic heterocycles. The minimum Gasteiger partial charge on any atom is -0.380 e. The van der Waals surface area contributed by atoms with Gasteiger partial charge in [0.05, 0.1) is 13.2 Å². The molecule has 3 nitrogen and oxygen atoms in total. The molecule has 17 heavy (non-hydrogen) atoms. The lowest BCUT2D eigenvalue weighted by Gasteiger charge is -2.45. The largest absolute Gasteiger partial charge is 0.380 e. The minimum atomic E-state index is -0.448. The van der Waals surface area contributed by atoms with E-state index >= 15 is 0 Å². The van der Waals surface area contributed by atoms with Crippen LogP contribution in [0.25, 0.3) is 0 Å². The van der Waals surface area contributed by atoms with E-state index in [0.717, 1.165) is 26.1 Å². The lowest BCUT2D eigenvalue weighted by atomic mass is 9.76. The monoisotopic (exact) mass is 244 g/mol. The number of rotatable bonds is 8. The fourth-order valence-electron chi connectivity index (χ4n) is 2.71. The first-order valence-corrected chi connectivity index (χ1v) is 6.85. The van der Waals surface area contributed by atoms with Gasteiger partial charge in [-0.2, -0.15) is 0 Å². The predicted molar refractivity (Wildman–Crippen MR) is 69.0 cm³/mol. The van der Waals surface area contributed by atoms with Crippen molar-refractivity contribution in [2.24, 2.45) is 11.3 Å². The van der Waals surface area contributed by atoms with Crippen LogP contribution >= 0.6 is 0 Å². The van der Waals surface area contributed by atoms with Gasteiger partial charge in [-0.25, -0.2) is 0 Å². The zero-order chi connectivity index (χ0) is 12.9. The van der Waals surface area contributed by atoms with Crippen molar-refractivity contribution < 1.29 is 14.2 Å². The fourth-order valence-corrected chi connectivity index (χ4v) is 2.71. The summed E-state index contributed by atoms with van der Waals surface area (Å²) in [4.78, 5) is 0. The van der Waals surface area contributed by atoms with Gasteiger partial charge < -0.3 is 14.2 Å². The van der Waals surface area contributed by atoms with Crippen LogP contribution in [0, 0.1) is 11.3 Å². The molecule has 0 N–H and O–H groups in total. The summed E-state index contributed by atoms with van der Waals surface area (Å²) < 4.78 is 17.1. The first-order chi connectivity index (χ1) is 7.99. The number of hydrogen-bond donors (Lipinski definition) is 0. The molecule has 1 fully saturated rings. The van der Waals surface area contributed by atoms with Crippen LogP contribution in [0.15, 0.2) is 0 Å². The van der Waals surface area contributed by atoms with E-state index in [1.807, 2.05) is 13.8 Å². The predicted octanol–water partition coefficient (Wildman–Crippen LogP) is 3.23. The SMILES string of the molecule is CCOC(C)(OCC)C(CC)CC1(C)COC1. The Kier molecular flexibility index (Phi) is 5.42. The summed E-state index contributed by atoms with van der Waals surface area (Å²) in [6, 6.07) is 0. The molecule has 0 aromatic rings. The standard InChI is InChI=1S/C14H28O3/c1-6-12(9-13(4)10-15-11-13)14(5,16-7-2)17-8-3/h12H,6-11H2,1-5H3. The number of hydrogen-bond acceptors (Lipinski definition) is 3. The van der Waals surface area contributed by atoms with E-state index in [2.05, 4.69) is 20.8 Å². The average molecular weight is 244 g/mol. The third kappa shape index (κ3) is 3.67. The second-order valence-electron chi connectivity index (χ2n) is 5.49. The first-order valence-electron chi connectivity index (χ1n) is 6.85. The molecule has 1 aliphatic rings. The maximum atomic E-state index is 5.87. The molecule has 0 aromatic heterocycles. The number of ether oxygens (including phenoxy) is 3. The first kappa shape index (κ1) is 14.9. The van der Waals surface area contributed by atoms with Gasteiger partial charge in [-0.05, 0) is 33.6 Å². The van der Waals surface area contributed by atoms with E-state index in [-0.39, 0.29) is 0 Å². The summed E-state index contributed by atoms with van der Waals surface area (Å²) >= 11 is 0. The Morgan fingerprint density at radius 3 is 2.00 bits per heavy atom. The molecule has 0 bridgehead atoms. The lowest BCUT2D eigenvalue weighted by Crippen LogP contribution is -2.48. The normalized spacial score (nSPS) is 21.0. The highest BCUT2D eigenvalue weighted by Crippen LogP contribution is 2.40. The van der Waals surface area contributed by atoms with E-state index in [9.17, 15) is 0 Å². The molecule has 1 unspecified atom stereocenters. The van der Waals surface area contributed by atoms with Gasteiger partial charge >= 0.3 is 0 Å². The molecule has 1 atom stereocenters. The quantitative estimate of drug-likeness (QED) is 0.614. The average Bonchev–Trinajstić information content (AvgIpc) is 2.24. The highest BCUT2D eigenvalue weighted by molar-refractivity contribution is 4.87. The summed E-state index contributed by atoms with van der Waals surface area (Å²) in [5, 5.41) is 0. The maximum absolute atomic E-state index is 5.87. The topological polar surface area (TPSA) is 27.7 Å².